The van der Waals surface area contributed by atoms with Crippen molar-refractivity contribution in [3.8, 4) is 56.7 Å². The Morgan fingerprint density at radius 1 is 0.565 bits per heavy atom. The highest BCUT2D eigenvalue weighted by molar-refractivity contribution is 5.80. The minimum absolute atomic E-state index is 0.465. The van der Waals surface area contributed by atoms with Gasteiger partial charge in [-0.1, -0.05) is 24.3 Å². The molecule has 0 atom stereocenters. The van der Waals surface area contributed by atoms with Crippen molar-refractivity contribution in [3.05, 3.63) is 145 Å². The van der Waals surface area contributed by atoms with Crippen molar-refractivity contribution in [3.63, 3.8) is 0 Å². The van der Waals surface area contributed by atoms with Crippen LogP contribution in [0.3, 0.4) is 0 Å². The molecule has 0 bridgehead atoms. The summed E-state index contributed by atoms with van der Waals surface area (Å²) in [5.74, 6) is 2.22. The van der Waals surface area contributed by atoms with E-state index in [0.717, 1.165) is 160 Å². The van der Waals surface area contributed by atoms with Crippen LogP contribution in [0.4, 0.5) is 22.7 Å². The molecule has 17 heteroatoms. The lowest BCUT2D eigenvalue weighted by Crippen LogP contribution is -2.36. The molecule has 2 aliphatic heterocycles. The van der Waals surface area contributed by atoms with Gasteiger partial charge in [-0.05, 0) is 106 Å². The van der Waals surface area contributed by atoms with Gasteiger partial charge >= 0.3 is 0 Å². The number of ether oxygens (including phenoxy) is 1. The maximum atomic E-state index is 5.63. The molecule has 10 heterocycles. The van der Waals surface area contributed by atoms with Gasteiger partial charge in [-0.15, -0.1) is 5.10 Å². The Bertz CT molecular complexity index is 3460. The van der Waals surface area contributed by atoms with Crippen molar-refractivity contribution < 1.29 is 4.74 Å². The minimum atomic E-state index is 0.465. The van der Waals surface area contributed by atoms with Gasteiger partial charge in [0.25, 0.3) is 0 Å². The van der Waals surface area contributed by atoms with Crippen LogP contribution in [0.15, 0.2) is 122 Å². The zero-order valence-electron chi connectivity index (χ0n) is 38.4. The Balaban J connectivity index is 0.834. The van der Waals surface area contributed by atoms with Crippen LogP contribution in [0.2, 0.25) is 0 Å². The van der Waals surface area contributed by atoms with E-state index in [4.69, 9.17) is 34.8 Å². The zero-order valence-corrected chi connectivity index (χ0v) is 38.4. The molecule has 10 aromatic rings. The highest BCUT2D eigenvalue weighted by Crippen LogP contribution is 2.36. The first kappa shape index (κ1) is 42.0. The van der Waals surface area contributed by atoms with Crippen molar-refractivity contribution in [2.45, 2.75) is 39.8 Å². The van der Waals surface area contributed by atoms with E-state index >= 15 is 0 Å². The SMILES string of the molecule is Cc1cccc(-c2[nH]c(CNc3ccc(-c4nc5ccc(-c6nc(CNc7ccccc7N7CCOCC7)[nH]c6-c6cccc(C)n6)cn5n4)cc3N3CCCC3)nc2-c2ccc3ncnn3c2)n1. The van der Waals surface area contributed by atoms with Gasteiger partial charge in [0.2, 0.25) is 0 Å². The van der Waals surface area contributed by atoms with Gasteiger partial charge in [-0.25, -0.2) is 29.0 Å². The van der Waals surface area contributed by atoms with Gasteiger partial charge < -0.3 is 35.1 Å². The Labute approximate surface area is 397 Å². The summed E-state index contributed by atoms with van der Waals surface area (Å²) in [6.45, 7) is 10.1. The Kier molecular flexibility index (Phi) is 10.9. The zero-order chi connectivity index (χ0) is 46.3. The Morgan fingerprint density at radius 3 is 1.86 bits per heavy atom. The molecule has 0 spiro atoms. The molecule has 17 nitrogen and oxygen atoms in total. The lowest BCUT2D eigenvalue weighted by Gasteiger charge is -2.30. The number of hydrogen-bond acceptors (Lipinski definition) is 13. The molecule has 69 heavy (non-hydrogen) atoms. The third-order valence-corrected chi connectivity index (χ3v) is 12.8. The molecule has 0 radical (unpaired) electrons. The Hall–Kier alpha value is -8.44. The van der Waals surface area contributed by atoms with Crippen LogP contribution in [0, 0.1) is 13.8 Å². The molecule has 2 fully saturated rings. The summed E-state index contributed by atoms with van der Waals surface area (Å²) in [5.41, 5.74) is 15.4. The normalized spacial score (nSPS) is 14.1. The van der Waals surface area contributed by atoms with Crippen LogP contribution in [-0.2, 0) is 17.8 Å². The van der Waals surface area contributed by atoms with E-state index in [1.165, 1.54) is 0 Å². The van der Waals surface area contributed by atoms with E-state index in [1.807, 2.05) is 85.4 Å². The minimum Gasteiger partial charge on any atom is -0.378 e. The first-order chi connectivity index (χ1) is 34.0. The van der Waals surface area contributed by atoms with Crippen LogP contribution in [0.25, 0.3) is 68.0 Å². The number of rotatable bonds is 13. The standard InChI is InChI=1S/C52H50N16O/c1-33-9-7-12-40(57-33)50-48(36-16-19-46-55-32-56-67(46)30-36)59-45(62-50)29-54-39-18-15-35(27-43(39)65-21-5-6-22-65)52-63-47-20-17-37(31-68(47)64-52)49-51(41-13-8-10-34(2)58-41)61-44(60-49)28-53-38-11-3-4-14-42(38)66-23-25-69-26-24-66/h3-4,7-20,27,30-32,53-54H,5-6,21-26,28-29H2,1-2H3,(H,59,62)(H,60,61). The highest BCUT2D eigenvalue weighted by atomic mass is 16.5. The molecule has 12 rings (SSSR count). The fourth-order valence-electron chi connectivity index (χ4n) is 9.37. The second-order valence-electron chi connectivity index (χ2n) is 17.5. The van der Waals surface area contributed by atoms with Gasteiger partial charge in [0.1, 0.15) is 18.0 Å². The molecular formula is C52H50N16O. The molecule has 4 N–H and O–H groups in total. The van der Waals surface area contributed by atoms with E-state index in [9.17, 15) is 0 Å². The number of nitrogens with zero attached hydrogens (tertiary/aromatic N) is 12. The maximum absolute atomic E-state index is 5.63. The highest BCUT2D eigenvalue weighted by Gasteiger charge is 2.22. The number of anilines is 4. The van der Waals surface area contributed by atoms with Gasteiger partial charge in [-0.3, -0.25) is 9.97 Å². The topological polar surface area (TPSA) is 183 Å². The first-order valence-corrected chi connectivity index (χ1v) is 23.5. The number of fused-ring (bicyclic) bond motifs is 2. The number of hydrogen-bond donors (Lipinski definition) is 4. The number of H-pyrrole nitrogens is 2. The third kappa shape index (κ3) is 8.48. The van der Waals surface area contributed by atoms with Gasteiger partial charge in [0.15, 0.2) is 17.1 Å². The summed E-state index contributed by atoms with van der Waals surface area (Å²) in [5, 5.41) is 16.8. The Morgan fingerprint density at radius 2 is 1.17 bits per heavy atom. The second kappa shape index (κ2) is 18.0. The van der Waals surface area contributed by atoms with Crippen LogP contribution in [0.5, 0.6) is 0 Å². The first-order valence-electron chi connectivity index (χ1n) is 23.5. The van der Waals surface area contributed by atoms with Gasteiger partial charge in [0.05, 0.1) is 83.2 Å². The molecule has 2 aliphatic rings. The summed E-state index contributed by atoms with van der Waals surface area (Å²) >= 11 is 0. The predicted molar refractivity (Wildman–Crippen MR) is 268 cm³/mol. The predicted octanol–water partition coefficient (Wildman–Crippen LogP) is 8.62. The average molecular weight is 915 g/mol. The summed E-state index contributed by atoms with van der Waals surface area (Å²) < 4.78 is 9.24. The summed E-state index contributed by atoms with van der Waals surface area (Å²) in [6, 6.07) is 34.9. The fourth-order valence-corrected chi connectivity index (χ4v) is 9.37. The molecule has 0 unspecified atom stereocenters. The number of aryl methyl sites for hydroxylation is 2. The largest absolute Gasteiger partial charge is 0.378 e. The van der Waals surface area contributed by atoms with Crippen molar-refractivity contribution in [2.24, 2.45) is 0 Å². The number of nitrogens with one attached hydrogen (secondary N) is 4. The number of aromatic nitrogens is 12. The van der Waals surface area contributed by atoms with E-state index in [-0.39, 0.29) is 0 Å². The molecular weight excluding hydrogens is 865 g/mol. The number of aromatic amines is 2. The number of pyridine rings is 4. The molecule has 0 saturated carbocycles. The smallest absolute Gasteiger partial charge is 0.182 e. The fraction of sp³-hybridized carbons (Fsp3) is 0.231. The van der Waals surface area contributed by atoms with Gasteiger partial charge in [0, 0.05) is 66.7 Å². The summed E-state index contributed by atoms with van der Waals surface area (Å²) in [4.78, 5) is 41.4. The third-order valence-electron chi connectivity index (χ3n) is 12.8. The molecule has 344 valence electrons. The second-order valence-corrected chi connectivity index (χ2v) is 17.5. The number of para-hydroxylation sites is 2. The van der Waals surface area contributed by atoms with E-state index in [2.05, 4.69) is 89.0 Å². The quantitative estimate of drug-likeness (QED) is 0.0863. The number of imidazole rings is 2. The van der Waals surface area contributed by atoms with Crippen molar-refractivity contribution in [1.29, 1.82) is 0 Å². The van der Waals surface area contributed by atoms with E-state index in [1.54, 1.807) is 10.8 Å². The molecule has 0 amide bonds. The van der Waals surface area contributed by atoms with E-state index in [0.29, 0.717) is 18.9 Å². The maximum Gasteiger partial charge on any atom is 0.182 e. The van der Waals surface area contributed by atoms with Crippen molar-refractivity contribution in [2.75, 3.05) is 59.8 Å². The lowest BCUT2D eigenvalue weighted by atomic mass is 10.1. The number of morpholine rings is 1. The average Bonchev–Trinajstić information content (AvgIpc) is 4.26. The van der Waals surface area contributed by atoms with Crippen LogP contribution in [0.1, 0.15) is 35.9 Å². The van der Waals surface area contributed by atoms with Crippen LogP contribution in [-0.4, -0.2) is 98.5 Å². The molecule has 2 saturated heterocycles. The van der Waals surface area contributed by atoms with Gasteiger partial charge in [-0.2, -0.15) is 5.10 Å². The summed E-state index contributed by atoms with van der Waals surface area (Å²) in [7, 11) is 0. The monoisotopic (exact) mass is 914 g/mol. The van der Waals surface area contributed by atoms with Crippen LogP contribution >= 0.6 is 0 Å². The van der Waals surface area contributed by atoms with Crippen LogP contribution < -0.4 is 20.4 Å². The molecule has 2 aromatic carbocycles. The van der Waals surface area contributed by atoms with E-state index < -0.39 is 0 Å². The number of benzene rings is 2. The van der Waals surface area contributed by atoms with Crippen molar-refractivity contribution >= 4 is 34.0 Å². The lowest BCUT2D eigenvalue weighted by molar-refractivity contribution is 0.123. The van der Waals surface area contributed by atoms with Crippen molar-refractivity contribution in [1.82, 2.24) is 59.1 Å². The molecule has 0 aliphatic carbocycles. The molecule has 8 aromatic heterocycles. The summed E-state index contributed by atoms with van der Waals surface area (Å²) in [6.07, 6.45) is 7.78.